The third-order valence-corrected chi connectivity index (χ3v) is 11.6. The molecule has 4 fully saturated rings. The van der Waals surface area contributed by atoms with Crippen molar-refractivity contribution in [1.82, 2.24) is 0 Å². The van der Waals surface area contributed by atoms with Crippen LogP contribution in [-0.2, 0) is 18.9 Å². The van der Waals surface area contributed by atoms with Crippen molar-refractivity contribution >= 4 is 0 Å². The van der Waals surface area contributed by atoms with E-state index in [1.165, 1.54) is 51.4 Å². The standard InChI is InChI=1S/C28H50O4/c1-19(8-13-25(29-4)30-5)22-11-12-23-21-10-9-20-18-28(31-6,32-7)17-16-26(20,2)24(21)14-15-27(22,23)3/h19-25H,8-18H2,1-7H3/t19-,20-,21+,22-,23+,24+,26+,27-/m1/s1. The van der Waals surface area contributed by atoms with Gasteiger partial charge in [-0.3, -0.25) is 0 Å². The Morgan fingerprint density at radius 3 is 2.09 bits per heavy atom. The van der Waals surface area contributed by atoms with Crippen LogP contribution in [-0.4, -0.2) is 40.5 Å². The van der Waals surface area contributed by atoms with Crippen LogP contribution < -0.4 is 0 Å². The number of rotatable bonds is 8. The smallest absolute Gasteiger partial charge is 0.167 e. The molecular formula is C28H50O4. The van der Waals surface area contributed by atoms with E-state index in [0.29, 0.717) is 10.8 Å². The summed E-state index contributed by atoms with van der Waals surface area (Å²) in [7, 11) is 7.20. The second-order valence-electron chi connectivity index (χ2n) is 12.4. The van der Waals surface area contributed by atoms with Gasteiger partial charge in [-0.15, -0.1) is 0 Å². The highest BCUT2D eigenvalue weighted by Gasteiger charge is 2.61. The molecule has 0 amide bonds. The molecule has 0 aromatic carbocycles. The van der Waals surface area contributed by atoms with E-state index in [-0.39, 0.29) is 12.1 Å². The quantitative estimate of drug-likeness (QED) is 0.387. The Kier molecular flexibility index (Phi) is 7.39. The molecule has 0 aromatic rings. The molecule has 186 valence electrons. The second kappa shape index (κ2) is 9.47. The minimum absolute atomic E-state index is 0.0500. The molecule has 0 radical (unpaired) electrons. The summed E-state index contributed by atoms with van der Waals surface area (Å²) in [5.74, 6) is 4.76. The van der Waals surface area contributed by atoms with Crippen LogP contribution in [0.25, 0.3) is 0 Å². The third kappa shape index (κ3) is 3.99. The van der Waals surface area contributed by atoms with E-state index in [1.807, 2.05) is 14.2 Å². The molecule has 0 bridgehead atoms. The molecule has 0 aliphatic heterocycles. The van der Waals surface area contributed by atoms with Gasteiger partial charge in [-0.2, -0.15) is 0 Å². The van der Waals surface area contributed by atoms with Crippen molar-refractivity contribution in [2.45, 2.75) is 103 Å². The lowest BCUT2D eigenvalue weighted by Gasteiger charge is -2.62. The molecule has 4 saturated carbocycles. The van der Waals surface area contributed by atoms with Gasteiger partial charge >= 0.3 is 0 Å². The van der Waals surface area contributed by atoms with E-state index in [9.17, 15) is 0 Å². The molecule has 0 saturated heterocycles. The highest BCUT2D eigenvalue weighted by atomic mass is 16.7. The van der Waals surface area contributed by atoms with Crippen molar-refractivity contribution in [2.24, 2.45) is 46.3 Å². The molecule has 8 atom stereocenters. The molecule has 4 rings (SSSR count). The summed E-state index contributed by atoms with van der Waals surface area (Å²) in [6.45, 7) is 7.81. The third-order valence-electron chi connectivity index (χ3n) is 11.6. The molecule has 0 spiro atoms. The lowest BCUT2D eigenvalue weighted by Crippen LogP contribution is -2.56. The first kappa shape index (κ1) is 24.9. The molecule has 0 heterocycles. The van der Waals surface area contributed by atoms with Crippen LogP contribution >= 0.6 is 0 Å². The van der Waals surface area contributed by atoms with E-state index < -0.39 is 0 Å². The lowest BCUT2D eigenvalue weighted by molar-refractivity contribution is -0.261. The van der Waals surface area contributed by atoms with Crippen molar-refractivity contribution in [3.05, 3.63) is 0 Å². The molecule has 0 N–H and O–H groups in total. The molecule has 4 heteroatoms. The van der Waals surface area contributed by atoms with Crippen LogP contribution in [0.4, 0.5) is 0 Å². The SMILES string of the molecule is COC(CC[C@@H](C)[C@H]1CC[C@H]2[C@@H]3CC[C@@H]4CC(OC)(OC)CC[C@]4(C)[C@H]3CC[C@]12C)OC. The van der Waals surface area contributed by atoms with Crippen LogP contribution in [0.1, 0.15) is 91.4 Å². The summed E-state index contributed by atoms with van der Waals surface area (Å²) in [5, 5.41) is 0. The van der Waals surface area contributed by atoms with Gasteiger partial charge in [0.2, 0.25) is 0 Å². The minimum atomic E-state index is -0.337. The maximum absolute atomic E-state index is 5.90. The number of ether oxygens (including phenoxy) is 4. The van der Waals surface area contributed by atoms with Crippen molar-refractivity contribution in [1.29, 1.82) is 0 Å². The molecule has 0 unspecified atom stereocenters. The Bertz CT molecular complexity index is 629. The first-order valence-corrected chi connectivity index (χ1v) is 13.4. The van der Waals surface area contributed by atoms with Crippen molar-refractivity contribution < 1.29 is 18.9 Å². The normalized spacial score (nSPS) is 44.1. The summed E-state index contributed by atoms with van der Waals surface area (Å²) in [6.07, 6.45) is 14.1. The number of fused-ring (bicyclic) bond motifs is 5. The van der Waals surface area contributed by atoms with Gasteiger partial charge in [0.15, 0.2) is 12.1 Å². The summed E-state index contributed by atoms with van der Waals surface area (Å²) >= 11 is 0. The largest absolute Gasteiger partial charge is 0.356 e. The maximum Gasteiger partial charge on any atom is 0.167 e. The van der Waals surface area contributed by atoms with Gasteiger partial charge in [-0.05, 0) is 104 Å². The van der Waals surface area contributed by atoms with Gasteiger partial charge < -0.3 is 18.9 Å². The molecule has 0 aromatic heterocycles. The van der Waals surface area contributed by atoms with Gasteiger partial charge in [0.1, 0.15) is 0 Å². The first-order valence-electron chi connectivity index (χ1n) is 13.4. The topological polar surface area (TPSA) is 36.9 Å². The Morgan fingerprint density at radius 2 is 1.44 bits per heavy atom. The number of hydrogen-bond acceptors (Lipinski definition) is 4. The highest BCUT2D eigenvalue weighted by molar-refractivity contribution is 5.10. The van der Waals surface area contributed by atoms with Gasteiger partial charge in [0.25, 0.3) is 0 Å². The zero-order valence-electron chi connectivity index (χ0n) is 22.0. The van der Waals surface area contributed by atoms with Crippen LogP contribution in [0.3, 0.4) is 0 Å². The Morgan fingerprint density at radius 1 is 0.750 bits per heavy atom. The van der Waals surface area contributed by atoms with Crippen molar-refractivity contribution in [2.75, 3.05) is 28.4 Å². The second-order valence-corrected chi connectivity index (χ2v) is 12.4. The Balaban J connectivity index is 1.46. The monoisotopic (exact) mass is 450 g/mol. The molecular weight excluding hydrogens is 400 g/mol. The van der Waals surface area contributed by atoms with Gasteiger partial charge in [0, 0.05) is 41.3 Å². The van der Waals surface area contributed by atoms with Crippen molar-refractivity contribution in [3.63, 3.8) is 0 Å². The average molecular weight is 451 g/mol. The summed E-state index contributed by atoms with van der Waals surface area (Å²) < 4.78 is 22.7. The van der Waals surface area contributed by atoms with Gasteiger partial charge in [0.05, 0.1) is 0 Å². The zero-order valence-corrected chi connectivity index (χ0v) is 22.0. The lowest BCUT2D eigenvalue weighted by atomic mass is 9.44. The Hall–Kier alpha value is -0.160. The average Bonchev–Trinajstić information content (AvgIpc) is 3.16. The van der Waals surface area contributed by atoms with Crippen LogP contribution in [0.15, 0.2) is 0 Å². The van der Waals surface area contributed by atoms with Crippen LogP contribution in [0, 0.1) is 46.3 Å². The molecule has 32 heavy (non-hydrogen) atoms. The fourth-order valence-electron chi connectivity index (χ4n) is 9.56. The number of hydrogen-bond donors (Lipinski definition) is 0. The minimum Gasteiger partial charge on any atom is -0.356 e. The predicted molar refractivity (Wildman–Crippen MR) is 128 cm³/mol. The zero-order chi connectivity index (χ0) is 23.1. The predicted octanol–water partition coefficient (Wildman–Crippen LogP) is 6.67. The maximum atomic E-state index is 5.90. The summed E-state index contributed by atoms with van der Waals surface area (Å²) in [6, 6.07) is 0. The van der Waals surface area contributed by atoms with Gasteiger partial charge in [-0.1, -0.05) is 20.8 Å². The van der Waals surface area contributed by atoms with Crippen molar-refractivity contribution in [3.8, 4) is 0 Å². The molecule has 4 nitrogen and oxygen atoms in total. The summed E-state index contributed by atoms with van der Waals surface area (Å²) in [4.78, 5) is 0. The molecule has 4 aliphatic carbocycles. The van der Waals surface area contributed by atoms with E-state index in [0.717, 1.165) is 54.8 Å². The highest BCUT2D eigenvalue weighted by Crippen LogP contribution is 2.69. The van der Waals surface area contributed by atoms with E-state index in [4.69, 9.17) is 18.9 Å². The first-order chi connectivity index (χ1) is 15.3. The fourth-order valence-corrected chi connectivity index (χ4v) is 9.56. The Labute approximate surface area is 197 Å². The van der Waals surface area contributed by atoms with Crippen LogP contribution in [0.5, 0.6) is 0 Å². The number of methoxy groups -OCH3 is 4. The summed E-state index contributed by atoms with van der Waals surface area (Å²) in [5.41, 5.74) is 0.996. The van der Waals surface area contributed by atoms with E-state index in [2.05, 4.69) is 20.8 Å². The van der Waals surface area contributed by atoms with Gasteiger partial charge in [-0.25, -0.2) is 0 Å². The van der Waals surface area contributed by atoms with Crippen LogP contribution in [0.2, 0.25) is 0 Å². The van der Waals surface area contributed by atoms with E-state index in [1.54, 1.807) is 14.2 Å². The van der Waals surface area contributed by atoms with E-state index >= 15 is 0 Å². The fraction of sp³-hybridized carbons (Fsp3) is 1.00. The molecule has 4 aliphatic rings.